The van der Waals surface area contributed by atoms with Crippen LogP contribution in [-0.2, 0) is 6.42 Å². The molecule has 4 nitrogen and oxygen atoms in total. The van der Waals surface area contributed by atoms with Crippen LogP contribution in [0, 0.1) is 0 Å². The van der Waals surface area contributed by atoms with Crippen LogP contribution in [0.4, 0.5) is 5.69 Å². The van der Waals surface area contributed by atoms with Gasteiger partial charge in [-0.05, 0) is 182 Å². The summed E-state index contributed by atoms with van der Waals surface area (Å²) in [6.07, 6.45) is 0.608. The SMILES string of the molecule is C=C1Cc2c(cc(-c3cc4ccccc4c4ccccc34)cc2-c2cc3ccccc3c3ccccc23)C(c2ccc(-c3ccc4c(c3)N=C(c3ccccc3)[C@@H]4c3ccccc3)cc2)=NC1c1ccc(-c2ccc3c(c2)nc(-c2ccccc2)n3-c2ccccc2)cc1. The van der Waals surface area contributed by atoms with Gasteiger partial charge in [0.05, 0.1) is 40.1 Å². The van der Waals surface area contributed by atoms with Crippen molar-refractivity contribution in [1.82, 2.24) is 9.55 Å². The Kier molecular flexibility index (Phi) is 13.2. The van der Waals surface area contributed by atoms with Gasteiger partial charge in [-0.2, -0.15) is 0 Å². The van der Waals surface area contributed by atoms with Crippen molar-refractivity contribution >= 4 is 71.2 Å². The molecular formula is C90H60N4. The summed E-state index contributed by atoms with van der Waals surface area (Å²) in [6, 6.07) is 119. The van der Waals surface area contributed by atoms with E-state index in [1.807, 2.05) is 0 Å². The molecule has 0 bridgehead atoms. The van der Waals surface area contributed by atoms with Crippen molar-refractivity contribution in [3.8, 4) is 61.6 Å². The fourth-order valence-electron chi connectivity index (χ4n) is 15.0. The predicted octanol–water partition coefficient (Wildman–Crippen LogP) is 22.9. The Morgan fingerprint density at radius 3 is 1.53 bits per heavy atom. The first kappa shape index (κ1) is 54.8. The molecule has 2 aliphatic heterocycles. The molecular weight excluding hydrogens is 1140 g/mol. The molecule has 0 amide bonds. The van der Waals surface area contributed by atoms with E-state index in [1.54, 1.807) is 0 Å². The van der Waals surface area contributed by atoms with Crippen LogP contribution >= 0.6 is 0 Å². The molecule has 94 heavy (non-hydrogen) atoms. The van der Waals surface area contributed by atoms with Crippen molar-refractivity contribution in [3.05, 3.63) is 379 Å². The van der Waals surface area contributed by atoms with Gasteiger partial charge in [0.2, 0.25) is 0 Å². The van der Waals surface area contributed by atoms with Gasteiger partial charge in [0, 0.05) is 22.4 Å². The minimum absolute atomic E-state index is 0.0336. The highest BCUT2D eigenvalue weighted by Crippen LogP contribution is 2.48. The second-order valence-corrected chi connectivity index (χ2v) is 25.0. The number of hydrogen-bond acceptors (Lipinski definition) is 3. The summed E-state index contributed by atoms with van der Waals surface area (Å²) >= 11 is 0. The maximum Gasteiger partial charge on any atom is 0.145 e. The number of hydrogen-bond donors (Lipinski definition) is 0. The Morgan fingerprint density at radius 1 is 0.351 bits per heavy atom. The number of aromatic nitrogens is 2. The van der Waals surface area contributed by atoms with E-state index in [0.29, 0.717) is 6.42 Å². The van der Waals surface area contributed by atoms with Gasteiger partial charge in [-0.3, -0.25) is 14.6 Å². The number of fused-ring (bicyclic) bond motifs is 9. The van der Waals surface area contributed by atoms with E-state index in [2.05, 4.69) is 332 Å². The molecule has 0 saturated carbocycles. The van der Waals surface area contributed by atoms with E-state index in [4.69, 9.17) is 21.5 Å². The van der Waals surface area contributed by atoms with E-state index < -0.39 is 0 Å². The molecule has 1 aromatic heterocycles. The monoisotopic (exact) mass is 1200 g/mol. The topological polar surface area (TPSA) is 42.5 Å². The van der Waals surface area contributed by atoms with Gasteiger partial charge in [-0.15, -0.1) is 0 Å². The van der Waals surface area contributed by atoms with E-state index in [1.165, 1.54) is 76.5 Å². The lowest BCUT2D eigenvalue weighted by Gasteiger charge is -2.21. The molecule has 440 valence electrons. The molecule has 0 aliphatic carbocycles. The van der Waals surface area contributed by atoms with Gasteiger partial charge in [-0.1, -0.05) is 280 Å². The number of aliphatic imine (C=N–C) groups is 2. The van der Waals surface area contributed by atoms with Gasteiger partial charge in [-0.25, -0.2) is 4.98 Å². The summed E-state index contributed by atoms with van der Waals surface area (Å²) in [5.41, 5.74) is 25.3. The van der Waals surface area contributed by atoms with Crippen LogP contribution in [-0.4, -0.2) is 21.0 Å². The lowest BCUT2D eigenvalue weighted by molar-refractivity contribution is 0.828. The first-order valence-electron chi connectivity index (χ1n) is 32.4. The molecule has 0 saturated heterocycles. The summed E-state index contributed by atoms with van der Waals surface area (Å²) in [7, 11) is 0. The second-order valence-electron chi connectivity index (χ2n) is 25.0. The van der Waals surface area contributed by atoms with Crippen molar-refractivity contribution in [2.75, 3.05) is 0 Å². The second kappa shape index (κ2) is 22.7. The number of imidazole rings is 1. The number of rotatable bonds is 10. The first-order chi connectivity index (χ1) is 46.5. The van der Waals surface area contributed by atoms with E-state index in [-0.39, 0.29) is 12.0 Å². The van der Waals surface area contributed by atoms with Crippen LogP contribution in [0.5, 0.6) is 0 Å². The van der Waals surface area contributed by atoms with Gasteiger partial charge in [0.1, 0.15) is 5.82 Å². The molecule has 3 heterocycles. The molecule has 0 fully saturated rings. The lowest BCUT2D eigenvalue weighted by atomic mass is 9.82. The van der Waals surface area contributed by atoms with Crippen molar-refractivity contribution < 1.29 is 0 Å². The average molecular weight is 1200 g/mol. The van der Waals surface area contributed by atoms with Crippen LogP contribution in [0.15, 0.2) is 350 Å². The molecule has 1 unspecified atom stereocenters. The zero-order valence-corrected chi connectivity index (χ0v) is 51.5. The van der Waals surface area contributed by atoms with E-state index >= 15 is 0 Å². The maximum absolute atomic E-state index is 6.06. The highest BCUT2D eigenvalue weighted by molar-refractivity contribution is 6.20. The van der Waals surface area contributed by atoms with Crippen molar-refractivity contribution in [1.29, 1.82) is 0 Å². The summed E-state index contributed by atoms with van der Waals surface area (Å²) in [4.78, 5) is 16.8. The third-order valence-corrected chi connectivity index (χ3v) is 19.5. The zero-order chi connectivity index (χ0) is 62.2. The molecule has 15 aromatic carbocycles. The van der Waals surface area contributed by atoms with E-state index in [9.17, 15) is 0 Å². The third-order valence-electron chi connectivity index (χ3n) is 19.5. The summed E-state index contributed by atoms with van der Waals surface area (Å²) in [5, 5.41) is 9.75. The Bertz CT molecular complexity index is 5750. The summed E-state index contributed by atoms with van der Waals surface area (Å²) in [5.74, 6) is 0.944. The first-order valence-corrected chi connectivity index (χ1v) is 32.4. The quantitative estimate of drug-likeness (QED) is 0.0994. The molecule has 0 N–H and O–H groups in total. The molecule has 2 atom stereocenters. The smallest absolute Gasteiger partial charge is 0.145 e. The molecule has 4 heteroatoms. The zero-order valence-electron chi connectivity index (χ0n) is 51.5. The Balaban J connectivity index is 0.811. The predicted molar refractivity (Wildman–Crippen MR) is 393 cm³/mol. The Labute approximate surface area is 546 Å². The van der Waals surface area contributed by atoms with Gasteiger partial charge < -0.3 is 0 Å². The van der Waals surface area contributed by atoms with E-state index in [0.717, 1.165) is 101 Å². The van der Waals surface area contributed by atoms with Crippen molar-refractivity contribution in [3.63, 3.8) is 0 Å². The number of benzene rings is 15. The normalized spacial score (nSPS) is 14.5. The van der Waals surface area contributed by atoms with Crippen molar-refractivity contribution in [2.24, 2.45) is 9.98 Å². The van der Waals surface area contributed by atoms with Gasteiger partial charge in [0.25, 0.3) is 0 Å². The molecule has 2 aliphatic rings. The molecule has 18 rings (SSSR count). The molecule has 0 spiro atoms. The minimum atomic E-state index is -0.370. The summed E-state index contributed by atoms with van der Waals surface area (Å²) in [6.45, 7) is 5.04. The average Bonchev–Trinajstić information content (AvgIpc) is 1.17. The highest BCUT2D eigenvalue weighted by atomic mass is 15.1. The van der Waals surface area contributed by atoms with Gasteiger partial charge >= 0.3 is 0 Å². The van der Waals surface area contributed by atoms with Crippen LogP contribution in [0.3, 0.4) is 0 Å². The fourth-order valence-corrected chi connectivity index (χ4v) is 15.0. The van der Waals surface area contributed by atoms with Crippen LogP contribution in [0.1, 0.15) is 50.9 Å². The highest BCUT2D eigenvalue weighted by Gasteiger charge is 2.32. The van der Waals surface area contributed by atoms with Gasteiger partial charge in [0.15, 0.2) is 0 Å². The summed E-state index contributed by atoms with van der Waals surface area (Å²) < 4.78 is 2.27. The fraction of sp³-hybridized carbons (Fsp3) is 0.0333. The van der Waals surface area contributed by atoms with Crippen LogP contribution in [0.2, 0.25) is 0 Å². The standard InChI is InChI=1S/C90H60N4/c1-57-50-79-81(80-52-68-29-15-17-33-72(68)74-35-19-21-37-76(74)80)53-69(78-51-67-28-14-16-32-71(67)73-34-18-20-36-75(73)78)54-82(79)88(63-44-40-58(41-45-63)65-46-48-77-83(55-65)91-89(61-24-8-3-9-25-61)86(77)60-22-6-2-7-23-60)93-87(57)62-42-38-59(39-43-62)66-47-49-85-84(56-66)92-90(64-26-10-4-11-27-64)94(85)70-30-12-5-13-31-70/h2-49,51-56,86-87H,1,50H2/t86-,87?/m1/s1. The van der Waals surface area contributed by atoms with Crippen LogP contribution in [0.25, 0.3) is 116 Å². The number of nitrogens with zero attached hydrogens (tertiary/aromatic N) is 4. The number of para-hydroxylation sites is 1. The third kappa shape index (κ3) is 9.41. The maximum atomic E-state index is 6.06. The van der Waals surface area contributed by atoms with Crippen molar-refractivity contribution in [2.45, 2.75) is 18.4 Å². The Morgan fingerprint density at radius 2 is 0.862 bits per heavy atom. The van der Waals surface area contributed by atoms with Crippen LogP contribution < -0.4 is 0 Å². The molecule has 16 aromatic rings. The minimum Gasteiger partial charge on any atom is -0.292 e. The largest absolute Gasteiger partial charge is 0.292 e. The Hall–Kier alpha value is -12.1. The lowest BCUT2D eigenvalue weighted by Crippen LogP contribution is -2.11. The molecule has 0 radical (unpaired) electrons.